The van der Waals surface area contributed by atoms with Crippen molar-refractivity contribution >= 4 is 5.84 Å². The second-order valence-corrected chi connectivity index (χ2v) is 3.66. The van der Waals surface area contributed by atoms with Crippen molar-refractivity contribution in [2.45, 2.75) is 13.0 Å². The van der Waals surface area contributed by atoms with E-state index in [1.165, 1.54) is 0 Å². The van der Waals surface area contributed by atoms with Crippen molar-refractivity contribution in [1.82, 2.24) is 14.5 Å². The SMILES string of the molecule is NC(=NCCCn1ccnc1)c1ccncc1. The highest BCUT2D eigenvalue weighted by Crippen LogP contribution is 1.97. The molecule has 2 N–H and O–H groups in total. The molecule has 17 heavy (non-hydrogen) atoms. The van der Waals surface area contributed by atoms with Crippen molar-refractivity contribution in [3.8, 4) is 0 Å². The third-order valence-electron chi connectivity index (χ3n) is 2.39. The standard InChI is InChI=1S/C12H15N5/c13-12(11-2-5-14-6-3-11)16-4-1-8-17-9-7-15-10-17/h2-3,5-7,9-10H,1,4,8H2,(H2,13,16). The molecule has 0 aliphatic heterocycles. The van der Waals surface area contributed by atoms with Crippen molar-refractivity contribution in [3.63, 3.8) is 0 Å². The summed E-state index contributed by atoms with van der Waals surface area (Å²) in [5, 5.41) is 0. The van der Waals surface area contributed by atoms with Crippen molar-refractivity contribution in [3.05, 3.63) is 48.8 Å². The summed E-state index contributed by atoms with van der Waals surface area (Å²) in [6.07, 6.45) is 9.88. The molecule has 0 aromatic carbocycles. The highest BCUT2D eigenvalue weighted by atomic mass is 15.0. The van der Waals surface area contributed by atoms with Crippen LogP contribution in [0.5, 0.6) is 0 Å². The van der Waals surface area contributed by atoms with Gasteiger partial charge < -0.3 is 10.3 Å². The van der Waals surface area contributed by atoms with Gasteiger partial charge >= 0.3 is 0 Å². The second kappa shape index (κ2) is 5.79. The van der Waals surface area contributed by atoms with Gasteiger partial charge in [-0.2, -0.15) is 0 Å². The lowest BCUT2D eigenvalue weighted by molar-refractivity contribution is 0.650. The zero-order chi connectivity index (χ0) is 11.9. The Morgan fingerprint density at radius 1 is 1.24 bits per heavy atom. The average Bonchev–Trinajstić information content (AvgIpc) is 2.88. The van der Waals surface area contributed by atoms with Crippen molar-refractivity contribution < 1.29 is 0 Å². The van der Waals surface area contributed by atoms with Crippen LogP contribution in [0.4, 0.5) is 0 Å². The van der Waals surface area contributed by atoms with E-state index < -0.39 is 0 Å². The number of aromatic nitrogens is 3. The Morgan fingerprint density at radius 3 is 2.76 bits per heavy atom. The minimum absolute atomic E-state index is 0.568. The largest absolute Gasteiger partial charge is 0.384 e. The lowest BCUT2D eigenvalue weighted by Crippen LogP contribution is -2.14. The van der Waals surface area contributed by atoms with E-state index in [0.29, 0.717) is 12.4 Å². The molecule has 0 aliphatic carbocycles. The Kier molecular flexibility index (Phi) is 3.85. The van der Waals surface area contributed by atoms with Gasteiger partial charge in [0.25, 0.3) is 0 Å². The number of aliphatic imine (C=N–C) groups is 1. The molecule has 5 heteroatoms. The third kappa shape index (κ3) is 3.41. The Labute approximate surface area is 100 Å². The summed E-state index contributed by atoms with van der Waals surface area (Å²) in [5.41, 5.74) is 6.78. The summed E-state index contributed by atoms with van der Waals surface area (Å²) < 4.78 is 2.03. The molecule has 0 radical (unpaired) electrons. The van der Waals surface area contributed by atoms with Crippen LogP contribution in [0.3, 0.4) is 0 Å². The first-order valence-electron chi connectivity index (χ1n) is 5.52. The van der Waals surface area contributed by atoms with Crippen LogP contribution < -0.4 is 5.73 Å². The molecule has 2 aromatic heterocycles. The molecule has 0 aliphatic rings. The summed E-state index contributed by atoms with van der Waals surface area (Å²) in [4.78, 5) is 12.2. The van der Waals surface area contributed by atoms with Gasteiger partial charge in [-0.05, 0) is 18.6 Å². The predicted octanol–water partition coefficient (Wildman–Crippen LogP) is 1.07. The minimum atomic E-state index is 0.568. The molecule has 5 nitrogen and oxygen atoms in total. The molecule has 2 heterocycles. The molecule has 0 atom stereocenters. The zero-order valence-electron chi connectivity index (χ0n) is 9.53. The van der Waals surface area contributed by atoms with E-state index in [1.807, 2.05) is 22.9 Å². The molecule has 0 spiro atoms. The molecule has 88 valence electrons. The Balaban J connectivity index is 1.81. The smallest absolute Gasteiger partial charge is 0.125 e. The number of rotatable bonds is 5. The third-order valence-corrected chi connectivity index (χ3v) is 2.39. The first-order valence-corrected chi connectivity index (χ1v) is 5.52. The fourth-order valence-electron chi connectivity index (χ4n) is 1.49. The average molecular weight is 229 g/mol. The molecule has 0 saturated carbocycles. The number of pyridine rings is 1. The van der Waals surface area contributed by atoms with Crippen LogP contribution >= 0.6 is 0 Å². The first-order chi connectivity index (χ1) is 8.36. The van der Waals surface area contributed by atoms with Crippen LogP contribution in [0, 0.1) is 0 Å². The van der Waals surface area contributed by atoms with Crippen molar-refractivity contribution in [1.29, 1.82) is 0 Å². The van der Waals surface area contributed by atoms with Crippen LogP contribution in [0.1, 0.15) is 12.0 Å². The highest BCUT2D eigenvalue weighted by Gasteiger charge is 1.96. The minimum Gasteiger partial charge on any atom is -0.384 e. The summed E-state index contributed by atoms with van der Waals surface area (Å²) >= 11 is 0. The summed E-state index contributed by atoms with van der Waals surface area (Å²) in [6, 6.07) is 3.71. The molecule has 0 fully saturated rings. The maximum atomic E-state index is 5.86. The number of nitrogens with two attached hydrogens (primary N) is 1. The molecule has 0 unspecified atom stereocenters. The lowest BCUT2D eigenvalue weighted by Gasteiger charge is -2.01. The molecule has 0 bridgehead atoms. The number of hydrogen-bond acceptors (Lipinski definition) is 3. The molecular formula is C12H15N5. The van der Waals surface area contributed by atoms with Crippen molar-refractivity contribution in [2.24, 2.45) is 10.7 Å². The van der Waals surface area contributed by atoms with E-state index in [4.69, 9.17) is 5.73 Å². The molecule has 2 aromatic rings. The van der Waals surface area contributed by atoms with Crippen LogP contribution in [0.2, 0.25) is 0 Å². The number of aryl methyl sites for hydroxylation is 1. The Hall–Kier alpha value is -2.17. The van der Waals surface area contributed by atoms with Gasteiger partial charge in [-0.1, -0.05) is 0 Å². The van der Waals surface area contributed by atoms with Crippen LogP contribution in [-0.4, -0.2) is 26.9 Å². The maximum Gasteiger partial charge on any atom is 0.125 e. The van der Waals surface area contributed by atoms with Gasteiger partial charge in [0, 0.05) is 43.4 Å². The summed E-state index contributed by atoms with van der Waals surface area (Å²) in [6.45, 7) is 1.62. The van der Waals surface area contributed by atoms with E-state index in [1.54, 1.807) is 24.9 Å². The summed E-state index contributed by atoms with van der Waals surface area (Å²) in [7, 11) is 0. The van der Waals surface area contributed by atoms with Gasteiger partial charge in [0.15, 0.2) is 0 Å². The van der Waals surface area contributed by atoms with Gasteiger partial charge in [-0.3, -0.25) is 9.98 Å². The number of imidazole rings is 1. The fraction of sp³-hybridized carbons (Fsp3) is 0.250. The van der Waals surface area contributed by atoms with Gasteiger partial charge in [0.2, 0.25) is 0 Å². The van der Waals surface area contributed by atoms with E-state index in [9.17, 15) is 0 Å². The van der Waals surface area contributed by atoms with Crippen LogP contribution in [0.25, 0.3) is 0 Å². The monoisotopic (exact) mass is 229 g/mol. The highest BCUT2D eigenvalue weighted by molar-refractivity contribution is 5.97. The van der Waals surface area contributed by atoms with E-state index >= 15 is 0 Å². The van der Waals surface area contributed by atoms with E-state index in [2.05, 4.69) is 15.0 Å². The first kappa shape index (κ1) is 11.3. The molecule has 0 saturated heterocycles. The van der Waals surface area contributed by atoms with Crippen molar-refractivity contribution in [2.75, 3.05) is 6.54 Å². The van der Waals surface area contributed by atoms with Crippen LogP contribution in [-0.2, 0) is 6.54 Å². The maximum absolute atomic E-state index is 5.86. The van der Waals surface area contributed by atoms with Gasteiger partial charge in [0.1, 0.15) is 5.84 Å². The van der Waals surface area contributed by atoms with Gasteiger partial charge in [-0.15, -0.1) is 0 Å². The molecule has 0 amide bonds. The Bertz CT molecular complexity index is 461. The number of hydrogen-bond donors (Lipinski definition) is 1. The van der Waals surface area contributed by atoms with E-state index in [0.717, 1.165) is 18.5 Å². The topological polar surface area (TPSA) is 69.1 Å². The van der Waals surface area contributed by atoms with Crippen LogP contribution in [0.15, 0.2) is 48.2 Å². The fourth-order valence-corrected chi connectivity index (χ4v) is 1.49. The van der Waals surface area contributed by atoms with E-state index in [-0.39, 0.29) is 0 Å². The quantitative estimate of drug-likeness (QED) is 0.473. The normalized spacial score (nSPS) is 11.6. The summed E-state index contributed by atoms with van der Waals surface area (Å²) in [5.74, 6) is 0.568. The zero-order valence-corrected chi connectivity index (χ0v) is 9.53. The molecular weight excluding hydrogens is 214 g/mol. The predicted molar refractivity (Wildman–Crippen MR) is 66.7 cm³/mol. The Morgan fingerprint density at radius 2 is 2.06 bits per heavy atom. The second-order valence-electron chi connectivity index (χ2n) is 3.66. The molecule has 2 rings (SSSR count). The number of nitrogens with zero attached hydrogens (tertiary/aromatic N) is 4. The van der Waals surface area contributed by atoms with Gasteiger partial charge in [0.05, 0.1) is 6.33 Å². The lowest BCUT2D eigenvalue weighted by atomic mass is 10.2. The number of amidine groups is 1. The van der Waals surface area contributed by atoms with Gasteiger partial charge in [-0.25, -0.2) is 4.98 Å².